The Kier molecular flexibility index (Phi) is 7.58. The Labute approximate surface area is 142 Å². The molecule has 0 N–H and O–H groups in total. The van der Waals surface area contributed by atoms with Gasteiger partial charge in [0.15, 0.2) is 6.29 Å². The Bertz CT molecular complexity index is 369. The number of allylic oxidation sites excluding steroid dienone is 2. The second-order valence-corrected chi connectivity index (χ2v) is 7.94. The van der Waals surface area contributed by atoms with Crippen molar-refractivity contribution in [1.82, 2.24) is 0 Å². The van der Waals surface area contributed by atoms with E-state index in [9.17, 15) is 0 Å². The summed E-state index contributed by atoms with van der Waals surface area (Å²) in [7, 11) is 0. The third-order valence-electron chi connectivity index (χ3n) is 5.17. The van der Waals surface area contributed by atoms with Gasteiger partial charge in [-0.25, -0.2) is 0 Å². The van der Waals surface area contributed by atoms with E-state index in [1.165, 1.54) is 44.1 Å². The second kappa shape index (κ2) is 9.19. The normalized spacial score (nSPS) is 28.6. The zero-order valence-electron chi connectivity index (χ0n) is 15.6. The quantitative estimate of drug-likeness (QED) is 0.407. The first-order valence-corrected chi connectivity index (χ1v) is 9.54. The molecule has 2 saturated heterocycles. The van der Waals surface area contributed by atoms with Crippen LogP contribution < -0.4 is 0 Å². The molecule has 3 atom stereocenters. The lowest BCUT2D eigenvalue weighted by Gasteiger charge is -2.23. The fourth-order valence-corrected chi connectivity index (χ4v) is 3.20. The third kappa shape index (κ3) is 7.36. The van der Waals surface area contributed by atoms with Crippen molar-refractivity contribution in [2.24, 2.45) is 5.92 Å². The van der Waals surface area contributed by atoms with Crippen molar-refractivity contribution in [2.75, 3.05) is 13.2 Å². The zero-order chi connectivity index (χ0) is 16.7. The average molecular weight is 325 g/mol. The van der Waals surface area contributed by atoms with Crippen LogP contribution in [0.5, 0.6) is 0 Å². The summed E-state index contributed by atoms with van der Waals surface area (Å²) in [5.74, 6) is 0.716. The predicted molar refractivity (Wildman–Crippen MR) is 94.5 cm³/mol. The van der Waals surface area contributed by atoms with Gasteiger partial charge in [0.05, 0.1) is 11.7 Å². The Morgan fingerprint density at radius 2 is 2.09 bits per heavy atom. The standard InChI is InChI=1S/C20H36O3/c1-16(11-12-18-20(3,4)23-18)8-7-9-17(2)13-15-22-19-10-5-6-14-21-19/h8,17-19H,5-7,9-15H2,1-4H3. The lowest BCUT2D eigenvalue weighted by atomic mass is 9.99. The lowest BCUT2D eigenvalue weighted by Crippen LogP contribution is -2.23. The lowest BCUT2D eigenvalue weighted by molar-refractivity contribution is -0.163. The van der Waals surface area contributed by atoms with Gasteiger partial charge in [-0.1, -0.05) is 18.6 Å². The Morgan fingerprint density at radius 1 is 1.30 bits per heavy atom. The monoisotopic (exact) mass is 324 g/mol. The summed E-state index contributed by atoms with van der Waals surface area (Å²) in [4.78, 5) is 0. The van der Waals surface area contributed by atoms with Gasteiger partial charge in [-0.05, 0) is 78.1 Å². The van der Waals surface area contributed by atoms with Crippen molar-refractivity contribution >= 4 is 0 Å². The second-order valence-electron chi connectivity index (χ2n) is 7.94. The van der Waals surface area contributed by atoms with Crippen LogP contribution in [0.15, 0.2) is 11.6 Å². The van der Waals surface area contributed by atoms with Crippen LogP contribution in [0.2, 0.25) is 0 Å². The Hall–Kier alpha value is -0.380. The van der Waals surface area contributed by atoms with E-state index in [0.29, 0.717) is 12.0 Å². The van der Waals surface area contributed by atoms with Crippen LogP contribution in [0.25, 0.3) is 0 Å². The minimum absolute atomic E-state index is 0.0620. The average Bonchev–Trinajstić information content (AvgIpc) is 3.13. The van der Waals surface area contributed by atoms with Gasteiger partial charge in [0, 0.05) is 13.2 Å². The van der Waals surface area contributed by atoms with Gasteiger partial charge in [-0.3, -0.25) is 0 Å². The summed E-state index contributed by atoms with van der Waals surface area (Å²) in [5.41, 5.74) is 1.65. The minimum atomic E-state index is 0.0620. The molecule has 3 nitrogen and oxygen atoms in total. The highest BCUT2D eigenvalue weighted by Gasteiger charge is 2.46. The summed E-state index contributed by atoms with van der Waals surface area (Å²) in [5, 5.41) is 0. The van der Waals surface area contributed by atoms with E-state index in [0.717, 1.165) is 26.1 Å². The largest absolute Gasteiger partial charge is 0.367 e. The molecule has 0 spiro atoms. The summed E-state index contributed by atoms with van der Waals surface area (Å²) in [6, 6.07) is 0. The maximum Gasteiger partial charge on any atom is 0.157 e. The molecule has 0 bridgehead atoms. The summed E-state index contributed by atoms with van der Waals surface area (Å²) >= 11 is 0. The van der Waals surface area contributed by atoms with E-state index in [1.54, 1.807) is 0 Å². The molecule has 23 heavy (non-hydrogen) atoms. The molecule has 0 radical (unpaired) electrons. The molecule has 0 amide bonds. The van der Waals surface area contributed by atoms with Crippen molar-refractivity contribution in [1.29, 1.82) is 0 Å². The third-order valence-corrected chi connectivity index (χ3v) is 5.17. The van der Waals surface area contributed by atoms with E-state index in [4.69, 9.17) is 14.2 Å². The van der Waals surface area contributed by atoms with Crippen molar-refractivity contribution in [3.8, 4) is 0 Å². The SMILES string of the molecule is CC(=CCCC(C)CCOC1CCCCO1)CCC1OC1(C)C. The van der Waals surface area contributed by atoms with Gasteiger partial charge < -0.3 is 14.2 Å². The molecule has 0 aliphatic carbocycles. The maximum absolute atomic E-state index is 5.82. The van der Waals surface area contributed by atoms with E-state index in [1.807, 2.05) is 0 Å². The highest BCUT2D eigenvalue weighted by molar-refractivity contribution is 5.02. The first kappa shape index (κ1) is 19.0. The number of epoxide rings is 1. The van der Waals surface area contributed by atoms with Gasteiger partial charge >= 0.3 is 0 Å². The van der Waals surface area contributed by atoms with Gasteiger partial charge in [-0.2, -0.15) is 0 Å². The molecule has 3 unspecified atom stereocenters. The van der Waals surface area contributed by atoms with Crippen LogP contribution >= 0.6 is 0 Å². The van der Waals surface area contributed by atoms with E-state index < -0.39 is 0 Å². The fourth-order valence-electron chi connectivity index (χ4n) is 3.20. The first-order valence-electron chi connectivity index (χ1n) is 9.54. The van der Waals surface area contributed by atoms with Gasteiger partial charge in [0.1, 0.15) is 0 Å². The molecular weight excluding hydrogens is 288 g/mol. The van der Waals surface area contributed by atoms with Gasteiger partial charge in [0.2, 0.25) is 0 Å². The van der Waals surface area contributed by atoms with E-state index in [-0.39, 0.29) is 11.9 Å². The molecule has 0 aromatic rings. The molecule has 134 valence electrons. The highest BCUT2D eigenvalue weighted by Crippen LogP contribution is 2.38. The van der Waals surface area contributed by atoms with Crippen LogP contribution in [0, 0.1) is 5.92 Å². The topological polar surface area (TPSA) is 31.0 Å². The van der Waals surface area contributed by atoms with Crippen LogP contribution in [-0.4, -0.2) is 31.2 Å². The Balaban J connectivity index is 1.48. The molecule has 2 heterocycles. The molecule has 2 rings (SSSR count). The number of ether oxygens (including phenoxy) is 3. The zero-order valence-corrected chi connectivity index (χ0v) is 15.6. The number of hydrogen-bond donors (Lipinski definition) is 0. The molecule has 0 saturated carbocycles. The minimum Gasteiger partial charge on any atom is -0.367 e. The van der Waals surface area contributed by atoms with Crippen molar-refractivity contribution in [3.05, 3.63) is 11.6 Å². The Morgan fingerprint density at radius 3 is 2.74 bits per heavy atom. The van der Waals surface area contributed by atoms with Crippen molar-refractivity contribution < 1.29 is 14.2 Å². The molecule has 3 heteroatoms. The maximum atomic E-state index is 5.82. The molecule has 2 fully saturated rings. The molecule has 2 aliphatic heterocycles. The van der Waals surface area contributed by atoms with Crippen molar-refractivity contribution in [2.45, 2.75) is 97.1 Å². The van der Waals surface area contributed by atoms with E-state index in [2.05, 4.69) is 33.8 Å². The van der Waals surface area contributed by atoms with Crippen LogP contribution in [0.1, 0.15) is 79.1 Å². The molecule has 2 aliphatic rings. The molecule has 0 aromatic carbocycles. The smallest absolute Gasteiger partial charge is 0.157 e. The molecule has 0 aromatic heterocycles. The molecular formula is C20H36O3. The summed E-state index contributed by atoms with van der Waals surface area (Å²) in [6.07, 6.45) is 12.4. The fraction of sp³-hybridized carbons (Fsp3) is 0.900. The van der Waals surface area contributed by atoms with Crippen LogP contribution in [0.4, 0.5) is 0 Å². The van der Waals surface area contributed by atoms with Crippen molar-refractivity contribution in [3.63, 3.8) is 0 Å². The van der Waals surface area contributed by atoms with Crippen LogP contribution in [0.3, 0.4) is 0 Å². The highest BCUT2D eigenvalue weighted by atomic mass is 16.7. The first-order chi connectivity index (χ1) is 11.0. The summed E-state index contributed by atoms with van der Waals surface area (Å²) < 4.78 is 17.1. The van der Waals surface area contributed by atoms with Gasteiger partial charge in [-0.15, -0.1) is 0 Å². The number of rotatable bonds is 10. The van der Waals surface area contributed by atoms with E-state index >= 15 is 0 Å². The van der Waals surface area contributed by atoms with Gasteiger partial charge in [0.25, 0.3) is 0 Å². The predicted octanol–water partition coefficient (Wildman–Crippen LogP) is 5.24. The summed E-state index contributed by atoms with van der Waals surface area (Å²) in [6.45, 7) is 10.6. The van der Waals surface area contributed by atoms with Crippen LogP contribution in [-0.2, 0) is 14.2 Å². The number of hydrogen-bond acceptors (Lipinski definition) is 3.